The van der Waals surface area contributed by atoms with E-state index in [1.807, 2.05) is 50.4 Å². The zero-order valence-corrected chi connectivity index (χ0v) is 20.7. The van der Waals surface area contributed by atoms with Crippen molar-refractivity contribution in [1.82, 2.24) is 19.1 Å². The summed E-state index contributed by atoms with van der Waals surface area (Å²) in [7, 11) is -0.289. The number of carbonyl (C=O) groups excluding carboxylic acids is 1. The lowest BCUT2D eigenvalue weighted by Crippen LogP contribution is -2.26. The van der Waals surface area contributed by atoms with Crippen LogP contribution in [0.4, 0.5) is 5.69 Å². The summed E-state index contributed by atoms with van der Waals surface area (Å²) in [4.78, 5) is 18.2. The Morgan fingerprint density at radius 1 is 1.11 bits per heavy atom. The van der Waals surface area contributed by atoms with Crippen LogP contribution >= 0.6 is 0 Å². The zero-order valence-electron chi connectivity index (χ0n) is 19.9. The van der Waals surface area contributed by atoms with Crippen LogP contribution in [0.15, 0.2) is 65.6 Å². The van der Waals surface area contributed by atoms with E-state index in [4.69, 9.17) is 4.98 Å². The molecule has 35 heavy (non-hydrogen) atoms. The van der Waals surface area contributed by atoms with E-state index in [1.165, 1.54) is 16.4 Å². The average molecular weight is 490 g/mol. The highest BCUT2D eigenvalue weighted by atomic mass is 32.2. The van der Waals surface area contributed by atoms with Gasteiger partial charge in [-0.2, -0.15) is 9.40 Å². The van der Waals surface area contributed by atoms with Gasteiger partial charge < -0.3 is 5.32 Å². The van der Waals surface area contributed by atoms with Crippen molar-refractivity contribution in [3.8, 4) is 0 Å². The van der Waals surface area contributed by atoms with E-state index < -0.39 is 10.0 Å². The van der Waals surface area contributed by atoms with Crippen molar-refractivity contribution in [2.45, 2.75) is 37.1 Å². The second-order valence-electron chi connectivity index (χ2n) is 9.00. The third-order valence-corrected chi connectivity index (χ3v) is 8.11. The minimum atomic E-state index is -3.67. The normalized spacial score (nSPS) is 13.9. The molecule has 1 aliphatic carbocycles. The van der Waals surface area contributed by atoms with Gasteiger partial charge in [-0.15, -0.1) is 0 Å². The number of nitrogens with one attached hydrogen (secondary N) is 1. The number of sulfonamides is 1. The molecule has 0 radical (unpaired) electrons. The monoisotopic (exact) mass is 489 g/mol. The zero-order chi connectivity index (χ0) is 24.7. The Labute approximate surface area is 204 Å². The SMILES string of the molecule is Cc1nn(C)c2nc(C3CC3)cc(C(=O)Nc3ccc(S(=O)(=O)N(C)Cc4ccccc4)cc3)c12. The predicted molar refractivity (Wildman–Crippen MR) is 135 cm³/mol. The van der Waals surface area contributed by atoms with Gasteiger partial charge in [-0.3, -0.25) is 9.48 Å². The average Bonchev–Trinajstić information content (AvgIpc) is 3.65. The largest absolute Gasteiger partial charge is 0.322 e. The molecule has 0 aliphatic heterocycles. The number of carbonyl (C=O) groups is 1. The number of aromatic nitrogens is 3. The molecule has 180 valence electrons. The summed E-state index contributed by atoms with van der Waals surface area (Å²) >= 11 is 0. The Hall–Kier alpha value is -3.56. The molecule has 0 spiro atoms. The van der Waals surface area contributed by atoms with Gasteiger partial charge in [0.15, 0.2) is 5.65 Å². The highest BCUT2D eigenvalue weighted by molar-refractivity contribution is 7.89. The summed E-state index contributed by atoms with van der Waals surface area (Å²) in [6, 6.07) is 17.5. The van der Waals surface area contributed by atoms with Gasteiger partial charge in [0.2, 0.25) is 10.0 Å². The smallest absolute Gasteiger partial charge is 0.256 e. The molecule has 0 unspecified atom stereocenters. The Kier molecular flexibility index (Phi) is 5.90. The number of fused-ring (bicyclic) bond motifs is 1. The third kappa shape index (κ3) is 4.56. The number of hydrogen-bond donors (Lipinski definition) is 1. The lowest BCUT2D eigenvalue weighted by molar-refractivity contribution is 0.102. The van der Waals surface area contributed by atoms with Crippen LogP contribution in [0.25, 0.3) is 11.0 Å². The Morgan fingerprint density at radius 2 is 1.80 bits per heavy atom. The molecule has 2 heterocycles. The molecule has 1 saturated carbocycles. The van der Waals surface area contributed by atoms with E-state index in [2.05, 4.69) is 10.4 Å². The summed E-state index contributed by atoms with van der Waals surface area (Å²) in [6.07, 6.45) is 2.15. The first-order valence-electron chi connectivity index (χ1n) is 11.5. The van der Waals surface area contributed by atoms with E-state index in [0.29, 0.717) is 22.8 Å². The van der Waals surface area contributed by atoms with E-state index in [-0.39, 0.29) is 17.3 Å². The number of amides is 1. The van der Waals surface area contributed by atoms with Crippen LogP contribution in [0.2, 0.25) is 0 Å². The molecule has 1 N–H and O–H groups in total. The van der Waals surface area contributed by atoms with Gasteiger partial charge >= 0.3 is 0 Å². The fourth-order valence-corrected chi connectivity index (χ4v) is 5.40. The van der Waals surface area contributed by atoms with Gasteiger partial charge in [0.05, 0.1) is 21.5 Å². The van der Waals surface area contributed by atoms with Crippen LogP contribution < -0.4 is 5.32 Å². The number of nitrogens with zero attached hydrogens (tertiary/aromatic N) is 4. The molecule has 1 aliphatic rings. The van der Waals surface area contributed by atoms with Gasteiger partial charge in [0, 0.05) is 37.9 Å². The van der Waals surface area contributed by atoms with E-state index in [0.717, 1.165) is 35.2 Å². The summed E-state index contributed by atoms with van der Waals surface area (Å²) < 4.78 is 29.0. The first-order valence-corrected chi connectivity index (χ1v) is 12.9. The molecule has 5 rings (SSSR count). The van der Waals surface area contributed by atoms with Crippen molar-refractivity contribution in [3.63, 3.8) is 0 Å². The van der Waals surface area contributed by atoms with Crippen molar-refractivity contribution in [3.05, 3.63) is 83.2 Å². The van der Waals surface area contributed by atoms with Gasteiger partial charge in [0.1, 0.15) is 0 Å². The molecule has 0 bridgehead atoms. The second kappa shape index (κ2) is 8.90. The first kappa shape index (κ1) is 23.2. The fourth-order valence-electron chi connectivity index (χ4n) is 4.25. The van der Waals surface area contributed by atoms with Crippen LogP contribution in [0.1, 0.15) is 46.1 Å². The molecule has 2 aromatic carbocycles. The molecule has 4 aromatic rings. The van der Waals surface area contributed by atoms with E-state index >= 15 is 0 Å². The van der Waals surface area contributed by atoms with Crippen LogP contribution in [0, 0.1) is 6.92 Å². The summed E-state index contributed by atoms with van der Waals surface area (Å²) in [6.45, 7) is 2.14. The van der Waals surface area contributed by atoms with Crippen LogP contribution in [-0.2, 0) is 23.6 Å². The first-order chi connectivity index (χ1) is 16.7. The standard InChI is InChI=1S/C26H27N5O3S/c1-17-24-22(15-23(19-9-10-19)28-25(24)31(3)29-17)26(32)27-20-11-13-21(14-12-20)35(33,34)30(2)16-18-7-5-4-6-8-18/h4-8,11-15,19H,9-10,16H2,1-3H3,(H,27,32). The topological polar surface area (TPSA) is 97.2 Å². The Bertz CT molecular complexity index is 1510. The fraction of sp³-hybridized carbons (Fsp3) is 0.269. The number of pyridine rings is 1. The second-order valence-corrected chi connectivity index (χ2v) is 11.0. The van der Waals surface area contributed by atoms with E-state index in [1.54, 1.807) is 23.9 Å². The van der Waals surface area contributed by atoms with Crippen LogP contribution in [0.5, 0.6) is 0 Å². The number of hydrogen-bond acceptors (Lipinski definition) is 5. The number of anilines is 1. The van der Waals surface area contributed by atoms with E-state index in [9.17, 15) is 13.2 Å². The molecule has 9 heteroatoms. The molecule has 8 nitrogen and oxygen atoms in total. The van der Waals surface area contributed by atoms with Crippen molar-refractivity contribution in [1.29, 1.82) is 0 Å². The summed E-state index contributed by atoms with van der Waals surface area (Å²) in [5, 5.41) is 8.09. The minimum absolute atomic E-state index is 0.166. The lowest BCUT2D eigenvalue weighted by Gasteiger charge is -2.17. The van der Waals surface area contributed by atoms with Crippen molar-refractivity contribution >= 4 is 32.7 Å². The highest BCUT2D eigenvalue weighted by Crippen LogP contribution is 2.40. The van der Waals surface area contributed by atoms with Crippen molar-refractivity contribution < 1.29 is 13.2 Å². The van der Waals surface area contributed by atoms with Gasteiger partial charge in [-0.25, -0.2) is 13.4 Å². The molecule has 2 aromatic heterocycles. The quantitative estimate of drug-likeness (QED) is 0.419. The highest BCUT2D eigenvalue weighted by Gasteiger charge is 2.28. The summed E-state index contributed by atoms with van der Waals surface area (Å²) in [5.41, 5.74) is 4.29. The predicted octanol–water partition coefficient (Wildman–Crippen LogP) is 4.23. The van der Waals surface area contributed by atoms with Gasteiger partial charge in [-0.05, 0) is 55.7 Å². The molecule has 1 amide bonds. The number of aryl methyl sites for hydroxylation is 2. The Morgan fingerprint density at radius 3 is 2.46 bits per heavy atom. The molecule has 0 atom stereocenters. The number of rotatable bonds is 7. The molecular weight excluding hydrogens is 462 g/mol. The third-order valence-electron chi connectivity index (χ3n) is 6.30. The minimum Gasteiger partial charge on any atom is -0.322 e. The van der Waals surface area contributed by atoms with Gasteiger partial charge in [-0.1, -0.05) is 30.3 Å². The lowest BCUT2D eigenvalue weighted by atomic mass is 10.1. The van der Waals surface area contributed by atoms with Crippen LogP contribution in [0.3, 0.4) is 0 Å². The van der Waals surface area contributed by atoms with Gasteiger partial charge in [0.25, 0.3) is 5.91 Å². The molecule has 0 saturated heterocycles. The maximum absolute atomic E-state index is 13.3. The Balaban J connectivity index is 1.37. The van der Waals surface area contributed by atoms with Crippen LogP contribution in [-0.4, -0.2) is 40.4 Å². The van der Waals surface area contributed by atoms with Crippen molar-refractivity contribution in [2.24, 2.45) is 7.05 Å². The summed E-state index contributed by atoms with van der Waals surface area (Å²) in [5.74, 6) is 0.116. The maximum atomic E-state index is 13.3. The molecular formula is C26H27N5O3S. The number of benzene rings is 2. The van der Waals surface area contributed by atoms with Crippen molar-refractivity contribution in [2.75, 3.05) is 12.4 Å². The maximum Gasteiger partial charge on any atom is 0.256 e. The molecule has 1 fully saturated rings.